The Balaban J connectivity index is 3.02. The Kier molecular flexibility index (Phi) is 2.84. The fraction of sp³-hybridized carbons (Fsp3) is 0.333. The van der Waals surface area contributed by atoms with Crippen molar-refractivity contribution in [3.63, 3.8) is 0 Å². The van der Waals surface area contributed by atoms with Gasteiger partial charge in [-0.1, -0.05) is 34.8 Å². The summed E-state index contributed by atoms with van der Waals surface area (Å²) in [6.45, 7) is 0. The quantitative estimate of drug-likeness (QED) is 0.643. The van der Waals surface area contributed by atoms with Gasteiger partial charge < -0.3 is 10.2 Å². The third kappa shape index (κ3) is 1.71. The summed E-state index contributed by atoms with van der Waals surface area (Å²) in [5.41, 5.74) is 0. The standard InChI is InChI=1S/C6H5Cl3O2/c7-2-1-3(10)6(11)5(9)4(2)8/h1,3,6,10-11H/t3-,6-/m0/s1. The average molecular weight is 215 g/mol. The Bertz CT molecular complexity index is 234. The van der Waals surface area contributed by atoms with Crippen LogP contribution < -0.4 is 0 Å². The molecule has 2 N–H and O–H groups in total. The highest BCUT2D eigenvalue weighted by molar-refractivity contribution is 6.48. The predicted molar refractivity (Wildman–Crippen MR) is 44.7 cm³/mol. The van der Waals surface area contributed by atoms with Gasteiger partial charge in [-0.3, -0.25) is 0 Å². The number of rotatable bonds is 0. The summed E-state index contributed by atoms with van der Waals surface area (Å²) in [5, 5.41) is 18.4. The molecule has 2 nitrogen and oxygen atoms in total. The van der Waals surface area contributed by atoms with Crippen molar-refractivity contribution in [1.29, 1.82) is 0 Å². The maximum Gasteiger partial charge on any atom is 0.121 e. The normalized spacial score (nSPS) is 32.3. The van der Waals surface area contributed by atoms with Gasteiger partial charge in [0.25, 0.3) is 0 Å². The van der Waals surface area contributed by atoms with Crippen molar-refractivity contribution in [2.24, 2.45) is 0 Å². The Hall–Kier alpha value is 0.270. The van der Waals surface area contributed by atoms with Crippen molar-refractivity contribution in [2.75, 3.05) is 0 Å². The van der Waals surface area contributed by atoms with E-state index in [1.54, 1.807) is 0 Å². The molecule has 1 aliphatic carbocycles. The molecule has 5 heteroatoms. The van der Waals surface area contributed by atoms with Crippen LogP contribution in [-0.2, 0) is 0 Å². The first-order valence-electron chi connectivity index (χ1n) is 2.83. The van der Waals surface area contributed by atoms with Crippen molar-refractivity contribution in [1.82, 2.24) is 0 Å². The third-order valence-corrected chi connectivity index (χ3v) is 2.65. The fourth-order valence-electron chi connectivity index (χ4n) is 0.708. The average Bonchev–Trinajstić information content (AvgIpc) is 1.97. The van der Waals surface area contributed by atoms with Gasteiger partial charge in [0.1, 0.15) is 12.2 Å². The lowest BCUT2D eigenvalue weighted by Gasteiger charge is -2.19. The minimum absolute atomic E-state index is 0.0216. The summed E-state index contributed by atoms with van der Waals surface area (Å²) in [7, 11) is 0. The van der Waals surface area contributed by atoms with Crippen molar-refractivity contribution >= 4 is 34.8 Å². The van der Waals surface area contributed by atoms with Gasteiger partial charge in [0.2, 0.25) is 0 Å². The molecule has 0 saturated carbocycles. The summed E-state index contributed by atoms with van der Waals surface area (Å²) >= 11 is 16.6. The summed E-state index contributed by atoms with van der Waals surface area (Å²) in [4.78, 5) is 0. The second-order valence-electron chi connectivity index (χ2n) is 2.11. The second-order valence-corrected chi connectivity index (χ2v) is 3.30. The van der Waals surface area contributed by atoms with E-state index in [0.29, 0.717) is 0 Å². The van der Waals surface area contributed by atoms with Gasteiger partial charge >= 0.3 is 0 Å². The molecule has 62 valence electrons. The maximum absolute atomic E-state index is 9.11. The van der Waals surface area contributed by atoms with Crippen LogP contribution in [-0.4, -0.2) is 22.4 Å². The zero-order valence-electron chi connectivity index (χ0n) is 5.26. The highest BCUT2D eigenvalue weighted by Crippen LogP contribution is 2.33. The molecule has 2 atom stereocenters. The topological polar surface area (TPSA) is 40.5 Å². The Labute approximate surface area is 78.7 Å². The number of aliphatic hydroxyl groups excluding tert-OH is 2. The molecule has 0 heterocycles. The molecular weight excluding hydrogens is 210 g/mol. The number of hydrogen-bond acceptors (Lipinski definition) is 2. The zero-order chi connectivity index (χ0) is 8.59. The molecule has 1 rings (SSSR count). The van der Waals surface area contributed by atoms with Gasteiger partial charge in [-0.05, 0) is 6.08 Å². The molecule has 0 aromatic rings. The Morgan fingerprint density at radius 3 is 2.27 bits per heavy atom. The van der Waals surface area contributed by atoms with Gasteiger partial charge in [-0.15, -0.1) is 0 Å². The van der Waals surface area contributed by atoms with Crippen molar-refractivity contribution in [3.8, 4) is 0 Å². The van der Waals surface area contributed by atoms with Gasteiger partial charge in [0.05, 0.1) is 15.1 Å². The van der Waals surface area contributed by atoms with E-state index in [4.69, 9.17) is 45.0 Å². The van der Waals surface area contributed by atoms with Crippen LogP contribution in [0, 0.1) is 0 Å². The largest absolute Gasteiger partial charge is 0.386 e. The smallest absolute Gasteiger partial charge is 0.121 e. The zero-order valence-corrected chi connectivity index (χ0v) is 7.53. The molecule has 11 heavy (non-hydrogen) atoms. The molecule has 0 spiro atoms. The molecule has 0 bridgehead atoms. The third-order valence-electron chi connectivity index (χ3n) is 1.32. The first-order chi connectivity index (χ1) is 5.04. The summed E-state index contributed by atoms with van der Waals surface area (Å²) < 4.78 is 0. The monoisotopic (exact) mass is 214 g/mol. The molecule has 0 radical (unpaired) electrons. The summed E-state index contributed by atoms with van der Waals surface area (Å²) in [6, 6.07) is 0. The van der Waals surface area contributed by atoms with Crippen molar-refractivity contribution < 1.29 is 10.2 Å². The molecule has 0 aliphatic heterocycles. The molecule has 0 aromatic carbocycles. The molecule has 0 fully saturated rings. The minimum atomic E-state index is -1.16. The van der Waals surface area contributed by atoms with Crippen LogP contribution >= 0.6 is 34.8 Å². The molecule has 0 saturated heterocycles. The van der Waals surface area contributed by atoms with Crippen molar-refractivity contribution in [2.45, 2.75) is 12.2 Å². The summed E-state index contributed by atoms with van der Waals surface area (Å²) in [6.07, 6.45) is -0.996. The molecule has 1 aliphatic rings. The van der Waals surface area contributed by atoms with Crippen LogP contribution in [0.25, 0.3) is 0 Å². The van der Waals surface area contributed by atoms with Gasteiger partial charge in [0.15, 0.2) is 0 Å². The lowest BCUT2D eigenvalue weighted by molar-refractivity contribution is 0.0758. The van der Waals surface area contributed by atoms with E-state index in [1.165, 1.54) is 6.08 Å². The van der Waals surface area contributed by atoms with Crippen LogP contribution in [0.1, 0.15) is 0 Å². The lowest BCUT2D eigenvalue weighted by Crippen LogP contribution is -2.27. The van der Waals surface area contributed by atoms with Gasteiger partial charge in [-0.25, -0.2) is 0 Å². The molecule has 0 amide bonds. The predicted octanol–water partition coefficient (Wildman–Crippen LogP) is 1.53. The van der Waals surface area contributed by atoms with Crippen LogP contribution in [0.3, 0.4) is 0 Å². The highest BCUT2D eigenvalue weighted by atomic mass is 35.5. The molecular formula is C6H5Cl3O2. The summed E-state index contributed by atoms with van der Waals surface area (Å²) in [5.74, 6) is 0. The first kappa shape index (κ1) is 9.36. The van der Waals surface area contributed by atoms with E-state index in [0.717, 1.165) is 0 Å². The van der Waals surface area contributed by atoms with Crippen LogP contribution in [0.15, 0.2) is 21.2 Å². The van der Waals surface area contributed by atoms with E-state index in [-0.39, 0.29) is 15.1 Å². The van der Waals surface area contributed by atoms with E-state index in [9.17, 15) is 0 Å². The van der Waals surface area contributed by atoms with Gasteiger partial charge in [0, 0.05) is 0 Å². The Morgan fingerprint density at radius 1 is 1.18 bits per heavy atom. The Morgan fingerprint density at radius 2 is 1.73 bits per heavy atom. The number of aliphatic hydroxyl groups is 2. The number of hydrogen-bond donors (Lipinski definition) is 2. The maximum atomic E-state index is 9.11. The SMILES string of the molecule is O[C@@H]1C(Cl)=C(Cl)C(Cl)=C[C@@H]1O. The van der Waals surface area contributed by atoms with E-state index in [2.05, 4.69) is 0 Å². The van der Waals surface area contributed by atoms with Crippen LogP contribution in [0.5, 0.6) is 0 Å². The van der Waals surface area contributed by atoms with E-state index < -0.39 is 12.2 Å². The van der Waals surface area contributed by atoms with Crippen LogP contribution in [0.4, 0.5) is 0 Å². The van der Waals surface area contributed by atoms with Crippen molar-refractivity contribution in [3.05, 3.63) is 21.2 Å². The lowest BCUT2D eigenvalue weighted by atomic mass is 10.1. The van der Waals surface area contributed by atoms with Gasteiger partial charge in [-0.2, -0.15) is 0 Å². The molecule has 0 aromatic heterocycles. The fourth-order valence-corrected chi connectivity index (χ4v) is 1.39. The number of allylic oxidation sites excluding steroid dienone is 2. The first-order valence-corrected chi connectivity index (χ1v) is 3.96. The van der Waals surface area contributed by atoms with E-state index in [1.807, 2.05) is 0 Å². The minimum Gasteiger partial charge on any atom is -0.386 e. The number of halogens is 3. The van der Waals surface area contributed by atoms with Crippen LogP contribution in [0.2, 0.25) is 0 Å². The second kappa shape index (κ2) is 3.33. The van der Waals surface area contributed by atoms with E-state index >= 15 is 0 Å². The molecule has 0 unspecified atom stereocenters. The highest BCUT2D eigenvalue weighted by Gasteiger charge is 2.26.